The minimum absolute atomic E-state index is 0.0432. The van der Waals surface area contributed by atoms with E-state index in [9.17, 15) is 9.59 Å². The normalized spacial score (nSPS) is 18.6. The third-order valence-corrected chi connectivity index (χ3v) is 2.50. The maximum atomic E-state index is 11.4. The SMILES string of the molecule is O=C1CC[C@@H](NC(=O)OCc2ccccc2)N1. The Morgan fingerprint density at radius 1 is 1.41 bits per heavy atom. The number of hydrogen-bond donors (Lipinski definition) is 2. The zero-order valence-electron chi connectivity index (χ0n) is 9.31. The molecule has 0 aromatic heterocycles. The third kappa shape index (κ3) is 3.48. The standard InChI is InChI=1S/C12H14N2O3/c15-11-7-6-10(13-11)14-12(16)17-8-9-4-2-1-3-5-9/h1-5,10H,6-8H2,(H,13,15)(H,14,16)/t10-/m1/s1. The Morgan fingerprint density at radius 2 is 2.18 bits per heavy atom. The summed E-state index contributed by atoms with van der Waals surface area (Å²) in [5.41, 5.74) is 0.929. The smallest absolute Gasteiger partial charge is 0.409 e. The summed E-state index contributed by atoms with van der Waals surface area (Å²) < 4.78 is 5.02. The Morgan fingerprint density at radius 3 is 2.82 bits per heavy atom. The number of amides is 2. The molecule has 1 aromatic rings. The lowest BCUT2D eigenvalue weighted by Gasteiger charge is -2.12. The van der Waals surface area contributed by atoms with Crippen LogP contribution in [0.1, 0.15) is 18.4 Å². The number of carbonyl (C=O) groups is 2. The highest BCUT2D eigenvalue weighted by molar-refractivity contribution is 5.79. The van der Waals surface area contributed by atoms with Crippen molar-refractivity contribution in [3.8, 4) is 0 Å². The number of nitrogens with one attached hydrogen (secondary N) is 2. The van der Waals surface area contributed by atoms with E-state index >= 15 is 0 Å². The molecule has 1 saturated heterocycles. The molecule has 0 aliphatic carbocycles. The number of alkyl carbamates (subject to hydrolysis) is 1. The molecule has 90 valence electrons. The van der Waals surface area contributed by atoms with Crippen LogP contribution >= 0.6 is 0 Å². The fourth-order valence-electron chi connectivity index (χ4n) is 1.63. The molecule has 0 saturated carbocycles. The van der Waals surface area contributed by atoms with Crippen LogP contribution in [0.15, 0.2) is 30.3 Å². The zero-order chi connectivity index (χ0) is 12.1. The van der Waals surface area contributed by atoms with Gasteiger partial charge in [0.2, 0.25) is 5.91 Å². The molecular weight excluding hydrogens is 220 g/mol. The van der Waals surface area contributed by atoms with E-state index in [0.29, 0.717) is 12.8 Å². The van der Waals surface area contributed by atoms with Crippen LogP contribution in [0.5, 0.6) is 0 Å². The van der Waals surface area contributed by atoms with Gasteiger partial charge in [-0.15, -0.1) is 0 Å². The molecular formula is C12H14N2O3. The monoisotopic (exact) mass is 234 g/mol. The highest BCUT2D eigenvalue weighted by atomic mass is 16.5. The molecule has 2 N–H and O–H groups in total. The van der Waals surface area contributed by atoms with Gasteiger partial charge in [0.05, 0.1) is 0 Å². The van der Waals surface area contributed by atoms with Gasteiger partial charge in [0, 0.05) is 6.42 Å². The van der Waals surface area contributed by atoms with E-state index in [2.05, 4.69) is 10.6 Å². The van der Waals surface area contributed by atoms with Crippen molar-refractivity contribution in [1.29, 1.82) is 0 Å². The number of rotatable bonds is 3. The zero-order valence-corrected chi connectivity index (χ0v) is 9.31. The van der Waals surface area contributed by atoms with Gasteiger partial charge in [-0.05, 0) is 12.0 Å². The second kappa shape index (κ2) is 5.34. The number of ether oxygens (including phenoxy) is 1. The summed E-state index contributed by atoms with van der Waals surface area (Å²) in [6.07, 6.45) is 0.245. The molecule has 0 unspecified atom stereocenters. The predicted molar refractivity (Wildman–Crippen MR) is 60.9 cm³/mol. The van der Waals surface area contributed by atoms with Crippen LogP contribution in [0.2, 0.25) is 0 Å². The fourth-order valence-corrected chi connectivity index (χ4v) is 1.63. The van der Waals surface area contributed by atoms with E-state index < -0.39 is 6.09 Å². The lowest BCUT2D eigenvalue weighted by molar-refractivity contribution is -0.119. The second-order valence-electron chi connectivity index (χ2n) is 3.86. The van der Waals surface area contributed by atoms with Crippen molar-refractivity contribution in [2.45, 2.75) is 25.6 Å². The number of benzene rings is 1. The van der Waals surface area contributed by atoms with Gasteiger partial charge in [-0.3, -0.25) is 4.79 Å². The molecule has 2 amide bonds. The average Bonchev–Trinajstić information content (AvgIpc) is 2.73. The van der Waals surface area contributed by atoms with Crippen LogP contribution in [-0.2, 0) is 16.1 Å². The molecule has 0 spiro atoms. The first kappa shape index (κ1) is 11.4. The van der Waals surface area contributed by atoms with Crippen LogP contribution in [0.3, 0.4) is 0 Å². The van der Waals surface area contributed by atoms with Gasteiger partial charge < -0.3 is 15.4 Å². The van der Waals surface area contributed by atoms with Crippen molar-refractivity contribution in [1.82, 2.24) is 10.6 Å². The maximum Gasteiger partial charge on any atom is 0.409 e. The molecule has 0 bridgehead atoms. The predicted octanol–water partition coefficient (Wildman–Crippen LogP) is 1.15. The minimum Gasteiger partial charge on any atom is -0.445 e. The van der Waals surface area contributed by atoms with E-state index in [4.69, 9.17) is 4.74 Å². The topological polar surface area (TPSA) is 67.4 Å². The Bertz CT molecular complexity index is 405. The summed E-state index contributed by atoms with van der Waals surface area (Å²) in [7, 11) is 0. The van der Waals surface area contributed by atoms with Gasteiger partial charge >= 0.3 is 6.09 Å². The summed E-state index contributed by atoms with van der Waals surface area (Å²) >= 11 is 0. The van der Waals surface area contributed by atoms with Crippen molar-refractivity contribution < 1.29 is 14.3 Å². The minimum atomic E-state index is -0.513. The Kier molecular flexibility index (Phi) is 3.59. The van der Waals surface area contributed by atoms with Crippen LogP contribution in [0.25, 0.3) is 0 Å². The van der Waals surface area contributed by atoms with Crippen LogP contribution in [0, 0.1) is 0 Å². The number of carbonyl (C=O) groups excluding carboxylic acids is 2. The molecule has 1 aromatic carbocycles. The lowest BCUT2D eigenvalue weighted by Crippen LogP contribution is -2.42. The largest absolute Gasteiger partial charge is 0.445 e. The fraction of sp³-hybridized carbons (Fsp3) is 0.333. The molecule has 1 aliphatic heterocycles. The summed E-state index contributed by atoms with van der Waals surface area (Å²) in [6.45, 7) is 0.230. The summed E-state index contributed by atoms with van der Waals surface area (Å²) in [4.78, 5) is 22.3. The second-order valence-corrected chi connectivity index (χ2v) is 3.86. The van der Waals surface area contributed by atoms with Crippen molar-refractivity contribution >= 4 is 12.0 Å². The van der Waals surface area contributed by atoms with E-state index in [1.807, 2.05) is 30.3 Å². The van der Waals surface area contributed by atoms with E-state index in [1.165, 1.54) is 0 Å². The summed E-state index contributed by atoms with van der Waals surface area (Å²) in [5, 5.41) is 5.22. The van der Waals surface area contributed by atoms with Gasteiger partial charge in [0.1, 0.15) is 12.8 Å². The first-order valence-corrected chi connectivity index (χ1v) is 5.50. The Hall–Kier alpha value is -2.04. The molecule has 1 heterocycles. The van der Waals surface area contributed by atoms with E-state index in [1.54, 1.807) is 0 Å². The Balaban J connectivity index is 1.73. The van der Waals surface area contributed by atoms with E-state index in [-0.39, 0.29) is 18.7 Å². The first-order valence-electron chi connectivity index (χ1n) is 5.50. The van der Waals surface area contributed by atoms with Crippen LogP contribution < -0.4 is 10.6 Å². The maximum absolute atomic E-state index is 11.4. The van der Waals surface area contributed by atoms with Crippen molar-refractivity contribution in [3.63, 3.8) is 0 Å². The van der Waals surface area contributed by atoms with E-state index in [0.717, 1.165) is 5.56 Å². The molecule has 0 radical (unpaired) electrons. The summed E-state index contributed by atoms with van der Waals surface area (Å²) in [6, 6.07) is 9.43. The first-order chi connectivity index (χ1) is 8.24. The molecule has 5 heteroatoms. The quantitative estimate of drug-likeness (QED) is 0.824. The third-order valence-electron chi connectivity index (χ3n) is 2.50. The highest BCUT2D eigenvalue weighted by Gasteiger charge is 2.22. The van der Waals surface area contributed by atoms with Crippen molar-refractivity contribution in [2.24, 2.45) is 0 Å². The van der Waals surface area contributed by atoms with Crippen LogP contribution in [-0.4, -0.2) is 18.2 Å². The molecule has 1 fully saturated rings. The lowest BCUT2D eigenvalue weighted by atomic mass is 10.2. The number of hydrogen-bond acceptors (Lipinski definition) is 3. The average molecular weight is 234 g/mol. The molecule has 5 nitrogen and oxygen atoms in total. The van der Waals surface area contributed by atoms with Gasteiger partial charge in [0.15, 0.2) is 0 Å². The van der Waals surface area contributed by atoms with Crippen molar-refractivity contribution in [3.05, 3.63) is 35.9 Å². The summed E-state index contributed by atoms with van der Waals surface area (Å²) in [5.74, 6) is -0.0432. The molecule has 2 rings (SSSR count). The van der Waals surface area contributed by atoms with Crippen molar-refractivity contribution in [2.75, 3.05) is 0 Å². The van der Waals surface area contributed by atoms with Gasteiger partial charge in [-0.25, -0.2) is 4.79 Å². The highest BCUT2D eigenvalue weighted by Crippen LogP contribution is 2.05. The molecule has 17 heavy (non-hydrogen) atoms. The molecule has 1 aliphatic rings. The van der Waals surface area contributed by atoms with Gasteiger partial charge in [-0.2, -0.15) is 0 Å². The van der Waals surface area contributed by atoms with Crippen LogP contribution in [0.4, 0.5) is 4.79 Å². The Labute approximate surface area is 99.2 Å². The van der Waals surface area contributed by atoms with Gasteiger partial charge in [-0.1, -0.05) is 30.3 Å². The molecule has 1 atom stereocenters. The van der Waals surface area contributed by atoms with Gasteiger partial charge in [0.25, 0.3) is 0 Å².